The van der Waals surface area contributed by atoms with Crippen LogP contribution in [0, 0.1) is 0 Å². The molecule has 1 atom stereocenters. The molecule has 2 rings (SSSR count). The maximum atomic E-state index is 9.76. The molecule has 1 aromatic heterocycles. The average molecular weight is 290 g/mol. The topological polar surface area (TPSA) is 60.2 Å². The Balaban J connectivity index is 2.21. The number of hydrogen-bond donors (Lipinski definition) is 1. The average Bonchev–Trinajstić information content (AvgIpc) is 2.70. The highest BCUT2D eigenvalue weighted by molar-refractivity contribution is 6.42. The number of aliphatic hydroxyl groups is 1. The van der Waals surface area contributed by atoms with E-state index in [0.29, 0.717) is 28.7 Å². The van der Waals surface area contributed by atoms with Crippen LogP contribution in [0.25, 0.3) is 11.0 Å². The monoisotopic (exact) mass is 289 g/mol. The molecule has 98 valence electrons. The Bertz CT molecular complexity index is 544. The third-order valence-corrected chi connectivity index (χ3v) is 3.18. The van der Waals surface area contributed by atoms with Crippen LogP contribution in [0.15, 0.2) is 12.1 Å². The molecule has 1 aromatic carbocycles. The van der Waals surface area contributed by atoms with Gasteiger partial charge in [-0.05, 0) is 19.1 Å². The fourth-order valence-electron chi connectivity index (χ4n) is 1.60. The van der Waals surface area contributed by atoms with Gasteiger partial charge in [-0.15, -0.1) is 5.10 Å². The van der Waals surface area contributed by atoms with Gasteiger partial charge in [0, 0.05) is 6.61 Å². The van der Waals surface area contributed by atoms with Gasteiger partial charge in [-0.2, -0.15) is 0 Å². The number of rotatable bonds is 5. The van der Waals surface area contributed by atoms with Crippen molar-refractivity contribution in [2.24, 2.45) is 0 Å². The van der Waals surface area contributed by atoms with Crippen LogP contribution >= 0.6 is 23.2 Å². The van der Waals surface area contributed by atoms with Crippen molar-refractivity contribution in [3.8, 4) is 0 Å². The van der Waals surface area contributed by atoms with Gasteiger partial charge in [-0.3, -0.25) is 0 Å². The number of aromatic nitrogens is 3. The Labute approximate surface area is 114 Å². The molecule has 0 saturated carbocycles. The third-order valence-electron chi connectivity index (χ3n) is 2.45. The summed E-state index contributed by atoms with van der Waals surface area (Å²) in [5, 5.41) is 18.6. The van der Waals surface area contributed by atoms with E-state index in [9.17, 15) is 5.11 Å². The van der Waals surface area contributed by atoms with Gasteiger partial charge in [0.1, 0.15) is 5.52 Å². The first kappa shape index (κ1) is 13.5. The number of ether oxygens (including phenoxy) is 1. The zero-order chi connectivity index (χ0) is 13.1. The molecule has 0 radical (unpaired) electrons. The van der Waals surface area contributed by atoms with Gasteiger partial charge in [0.15, 0.2) is 0 Å². The minimum Gasteiger partial charge on any atom is -0.389 e. The van der Waals surface area contributed by atoms with E-state index in [4.69, 9.17) is 27.9 Å². The molecule has 1 N–H and O–H groups in total. The second kappa shape index (κ2) is 5.84. The highest BCUT2D eigenvalue weighted by Crippen LogP contribution is 2.26. The van der Waals surface area contributed by atoms with Gasteiger partial charge < -0.3 is 9.84 Å². The number of benzene rings is 1. The number of nitrogens with zero attached hydrogens (tertiary/aromatic N) is 3. The van der Waals surface area contributed by atoms with E-state index < -0.39 is 6.10 Å². The first-order chi connectivity index (χ1) is 8.61. The fourth-order valence-corrected chi connectivity index (χ4v) is 1.92. The molecule has 0 aliphatic carbocycles. The lowest BCUT2D eigenvalue weighted by Gasteiger charge is -2.10. The molecule has 0 fully saturated rings. The van der Waals surface area contributed by atoms with E-state index in [-0.39, 0.29) is 6.61 Å². The smallest absolute Gasteiger partial charge is 0.114 e. The van der Waals surface area contributed by atoms with Crippen LogP contribution in [0.4, 0.5) is 0 Å². The number of hydrogen-bond acceptors (Lipinski definition) is 4. The third kappa shape index (κ3) is 2.92. The SMILES string of the molecule is CCOC[C@@H](O)Cn1nnc2cc(Cl)c(Cl)cc21. The highest BCUT2D eigenvalue weighted by atomic mass is 35.5. The summed E-state index contributed by atoms with van der Waals surface area (Å²) in [6.45, 7) is 3.00. The summed E-state index contributed by atoms with van der Waals surface area (Å²) in [6, 6.07) is 3.34. The Morgan fingerprint density at radius 3 is 2.83 bits per heavy atom. The van der Waals surface area contributed by atoms with Crippen LogP contribution in [-0.4, -0.2) is 39.4 Å². The van der Waals surface area contributed by atoms with Crippen molar-refractivity contribution in [3.63, 3.8) is 0 Å². The molecular weight excluding hydrogens is 277 g/mol. The molecule has 0 saturated heterocycles. The summed E-state index contributed by atoms with van der Waals surface area (Å²) in [6.07, 6.45) is -0.635. The summed E-state index contributed by atoms with van der Waals surface area (Å²) in [7, 11) is 0. The molecule has 7 heteroatoms. The van der Waals surface area contributed by atoms with Crippen LogP contribution in [-0.2, 0) is 11.3 Å². The van der Waals surface area contributed by atoms with Crippen LogP contribution in [0.2, 0.25) is 10.0 Å². The second-order valence-electron chi connectivity index (χ2n) is 3.84. The van der Waals surface area contributed by atoms with Crippen molar-refractivity contribution in [2.45, 2.75) is 19.6 Å². The molecule has 0 aliphatic rings. The standard InChI is InChI=1S/C11H13Cl2N3O2/c1-2-18-6-7(17)5-16-11-4-9(13)8(12)3-10(11)14-15-16/h3-4,7,17H,2,5-6H2,1H3/t7-/m0/s1. The maximum absolute atomic E-state index is 9.76. The molecular formula is C11H13Cl2N3O2. The van der Waals surface area contributed by atoms with E-state index in [1.807, 2.05) is 6.92 Å². The number of halogens is 2. The lowest BCUT2D eigenvalue weighted by molar-refractivity contribution is 0.0320. The predicted octanol–water partition coefficient (Wildman–Crippen LogP) is 2.14. The first-order valence-corrected chi connectivity index (χ1v) is 6.31. The van der Waals surface area contributed by atoms with Crippen molar-refractivity contribution < 1.29 is 9.84 Å². The van der Waals surface area contributed by atoms with Crippen LogP contribution < -0.4 is 0 Å². The zero-order valence-corrected chi connectivity index (χ0v) is 11.3. The molecule has 0 unspecified atom stereocenters. The van der Waals surface area contributed by atoms with Crippen molar-refractivity contribution >= 4 is 34.2 Å². The van der Waals surface area contributed by atoms with Crippen LogP contribution in [0.1, 0.15) is 6.92 Å². The maximum Gasteiger partial charge on any atom is 0.114 e. The minimum atomic E-state index is -0.635. The van der Waals surface area contributed by atoms with Crippen molar-refractivity contribution in [3.05, 3.63) is 22.2 Å². The Hall–Kier alpha value is -0.880. The second-order valence-corrected chi connectivity index (χ2v) is 4.65. The van der Waals surface area contributed by atoms with E-state index >= 15 is 0 Å². The summed E-state index contributed by atoms with van der Waals surface area (Å²) in [5.74, 6) is 0. The van der Waals surface area contributed by atoms with Crippen molar-refractivity contribution in [1.82, 2.24) is 15.0 Å². The lowest BCUT2D eigenvalue weighted by Crippen LogP contribution is -2.22. The molecule has 0 spiro atoms. The summed E-state index contributed by atoms with van der Waals surface area (Å²) in [4.78, 5) is 0. The normalized spacial score (nSPS) is 13.1. The molecule has 5 nitrogen and oxygen atoms in total. The van der Waals surface area contributed by atoms with Crippen LogP contribution in [0.3, 0.4) is 0 Å². The molecule has 2 aromatic rings. The zero-order valence-electron chi connectivity index (χ0n) is 9.81. The summed E-state index contributed by atoms with van der Waals surface area (Å²) < 4.78 is 6.72. The molecule has 0 amide bonds. The van der Waals surface area contributed by atoms with Crippen LogP contribution in [0.5, 0.6) is 0 Å². The molecule has 0 aliphatic heterocycles. The van der Waals surface area contributed by atoms with Gasteiger partial charge in [0.2, 0.25) is 0 Å². The minimum absolute atomic E-state index is 0.263. The lowest BCUT2D eigenvalue weighted by atomic mass is 10.3. The fraction of sp³-hybridized carbons (Fsp3) is 0.455. The van der Waals surface area contributed by atoms with E-state index in [0.717, 1.165) is 5.52 Å². The molecule has 1 heterocycles. The largest absolute Gasteiger partial charge is 0.389 e. The quantitative estimate of drug-likeness (QED) is 0.916. The van der Waals surface area contributed by atoms with Gasteiger partial charge >= 0.3 is 0 Å². The highest BCUT2D eigenvalue weighted by Gasteiger charge is 2.12. The summed E-state index contributed by atoms with van der Waals surface area (Å²) in [5.41, 5.74) is 1.38. The number of fused-ring (bicyclic) bond motifs is 1. The first-order valence-electron chi connectivity index (χ1n) is 5.56. The van der Waals surface area contributed by atoms with E-state index in [2.05, 4.69) is 10.3 Å². The van der Waals surface area contributed by atoms with Crippen molar-refractivity contribution in [2.75, 3.05) is 13.2 Å². The summed E-state index contributed by atoms with van der Waals surface area (Å²) >= 11 is 11.8. The van der Waals surface area contributed by atoms with Crippen molar-refractivity contribution in [1.29, 1.82) is 0 Å². The molecule has 18 heavy (non-hydrogen) atoms. The predicted molar refractivity (Wildman–Crippen MR) is 70.0 cm³/mol. The Kier molecular flexibility index (Phi) is 4.40. The van der Waals surface area contributed by atoms with Gasteiger partial charge in [0.05, 0.1) is 34.8 Å². The van der Waals surface area contributed by atoms with E-state index in [1.54, 1.807) is 16.8 Å². The Morgan fingerprint density at radius 2 is 2.11 bits per heavy atom. The molecule has 0 bridgehead atoms. The van der Waals surface area contributed by atoms with Gasteiger partial charge in [-0.25, -0.2) is 4.68 Å². The van der Waals surface area contributed by atoms with E-state index in [1.165, 1.54) is 0 Å². The van der Waals surface area contributed by atoms with Gasteiger partial charge in [0.25, 0.3) is 0 Å². The Morgan fingerprint density at radius 1 is 1.39 bits per heavy atom. The van der Waals surface area contributed by atoms with Gasteiger partial charge in [-0.1, -0.05) is 28.4 Å². The number of aliphatic hydroxyl groups excluding tert-OH is 1.